The Labute approximate surface area is 670 Å². The van der Waals surface area contributed by atoms with Crippen molar-refractivity contribution >= 4 is 109 Å². The fraction of sp³-hybridized carbons (Fsp3) is 0.629. The summed E-state index contributed by atoms with van der Waals surface area (Å²) in [4.78, 5) is 134. The molecule has 7 aliphatic rings. The molecule has 0 aliphatic carbocycles. The molecule has 8 aromatic heterocycles. The fourth-order valence-corrected chi connectivity index (χ4v) is 20.1. The Bertz CT molecular complexity index is 5450. The molecule has 8 aromatic rings. The monoisotopic (exact) mass is 1760 g/mol. The number of methoxy groups -OCH3 is 2. The first-order valence-corrected chi connectivity index (χ1v) is 44.4. The van der Waals surface area contributed by atoms with Gasteiger partial charge >= 0.3 is 40.5 Å². The van der Waals surface area contributed by atoms with Gasteiger partial charge in [-0.05, 0) is 64.7 Å². The lowest BCUT2D eigenvalue weighted by atomic mass is 9.94. The number of rotatable bonds is 34. The van der Waals surface area contributed by atoms with E-state index in [1.807, 2.05) is 0 Å². The lowest BCUT2D eigenvalue weighted by molar-refractivity contribution is -0.218. The quantitative estimate of drug-likeness (QED) is 0.0185. The van der Waals surface area contributed by atoms with Crippen molar-refractivity contribution < 1.29 is 122 Å². The minimum atomic E-state index is -5.69. The van der Waals surface area contributed by atoms with Crippen molar-refractivity contribution in [3.8, 4) is 0 Å². The highest BCUT2D eigenvalue weighted by atomic mass is 32.5. The topological polar surface area (TPSA) is 635 Å². The Hall–Kier alpha value is -6.79. The van der Waals surface area contributed by atoms with Crippen LogP contribution in [0.5, 0.6) is 0 Å². The molecule has 4 bridgehead atoms. The highest BCUT2D eigenvalue weighted by Crippen LogP contribution is 2.63. The third-order valence-electron chi connectivity index (χ3n) is 21.1. The van der Waals surface area contributed by atoms with Crippen LogP contribution >= 0.6 is 29.1 Å². The maximum atomic E-state index is 15.2. The summed E-state index contributed by atoms with van der Waals surface area (Å²) in [6.07, 6.45) is -16.9. The zero-order valence-corrected chi connectivity index (χ0v) is 68.4. The molecule has 14 N–H and O–H groups in total. The van der Waals surface area contributed by atoms with E-state index in [4.69, 9.17) is 135 Å². The molecule has 0 radical (unpaired) electrons. The lowest BCUT2D eigenvalue weighted by Crippen LogP contribution is -2.51. The van der Waals surface area contributed by atoms with E-state index in [1.165, 1.54) is 81.8 Å². The number of anilines is 4. The summed E-state index contributed by atoms with van der Waals surface area (Å²) in [5.74, 6) is 0.0611. The molecular weight excluding hydrogens is 1680 g/mol. The van der Waals surface area contributed by atoms with Gasteiger partial charge in [-0.2, -0.15) is 9.97 Å². The molecule has 117 heavy (non-hydrogen) atoms. The molecule has 25 atom stereocenters. The summed E-state index contributed by atoms with van der Waals surface area (Å²) < 4.78 is 153. The zero-order chi connectivity index (χ0) is 83.3. The number of fused-ring (bicyclic) bond motifs is 7. The van der Waals surface area contributed by atoms with Crippen LogP contribution in [-0.4, -0.2) is 266 Å². The van der Waals surface area contributed by atoms with Gasteiger partial charge in [-0.25, -0.2) is 58.6 Å². The maximum absolute atomic E-state index is 15.2. The van der Waals surface area contributed by atoms with Gasteiger partial charge in [0.05, 0.1) is 96.3 Å². The number of nitrogens with one attached hydrogen (secondary N) is 1. The van der Waals surface area contributed by atoms with Crippen LogP contribution in [0.15, 0.2) is 58.4 Å². The highest BCUT2D eigenvalue weighted by Gasteiger charge is 2.72. The number of phosphoric acid groups is 2. The van der Waals surface area contributed by atoms with Gasteiger partial charge in [0.15, 0.2) is 59.0 Å². The van der Waals surface area contributed by atoms with Crippen LogP contribution in [0.2, 0.25) is 0 Å². The number of aromatic amines is 1. The molecule has 15 rings (SSSR count). The van der Waals surface area contributed by atoms with Crippen LogP contribution < -0.4 is 39.9 Å². The van der Waals surface area contributed by atoms with Gasteiger partial charge in [0.25, 0.3) is 5.56 Å². The fourth-order valence-electron chi connectivity index (χ4n) is 15.2. The van der Waals surface area contributed by atoms with Gasteiger partial charge < -0.3 is 114 Å². The Morgan fingerprint density at radius 1 is 0.547 bits per heavy atom. The summed E-state index contributed by atoms with van der Waals surface area (Å²) in [5.41, 5.74) is 18.9. The summed E-state index contributed by atoms with van der Waals surface area (Å²) in [7, 11) is -8.10. The second-order valence-electron chi connectivity index (χ2n) is 28.4. The molecule has 49 nitrogen and oxygen atoms in total. The molecule has 0 spiro atoms. The van der Waals surface area contributed by atoms with Crippen LogP contribution in [0.1, 0.15) is 81.7 Å². The molecule has 55 heteroatoms. The second kappa shape index (κ2) is 33.2. The third-order valence-corrected chi connectivity index (χ3v) is 26.1. The molecule has 7 fully saturated rings. The number of nitrogens with zero attached hydrogens (tertiary/aromatic N) is 15. The predicted octanol–water partition coefficient (Wildman–Crippen LogP) is -0.165. The van der Waals surface area contributed by atoms with Gasteiger partial charge in [-0.15, -0.1) is 0 Å². The second-order valence-corrected chi connectivity index (χ2v) is 36.8. The minimum absolute atomic E-state index is 0.0100. The van der Waals surface area contributed by atoms with E-state index in [0.29, 0.717) is 22.3 Å². The Morgan fingerprint density at radius 2 is 1.03 bits per heavy atom. The number of phosphoric ester groups is 2. The van der Waals surface area contributed by atoms with Crippen LogP contribution in [-0.2, 0) is 121 Å². The molecule has 15 heterocycles. The minimum Gasteiger partial charge on any atom is -0.387 e. The summed E-state index contributed by atoms with van der Waals surface area (Å²) in [5, 5.41) is 11.8. The number of H-pyrrole nitrogens is 1. The number of aliphatic hydroxyl groups excluding tert-OH is 1. The smallest absolute Gasteiger partial charge is 0.387 e. The third kappa shape index (κ3) is 16.5. The summed E-state index contributed by atoms with van der Waals surface area (Å²) in [6.45, 7) is -4.00. The van der Waals surface area contributed by atoms with Crippen molar-refractivity contribution in [1.29, 1.82) is 0 Å². The molecular formula is C62H84N20O29P4S2. The van der Waals surface area contributed by atoms with E-state index in [1.54, 1.807) is 25.3 Å². The summed E-state index contributed by atoms with van der Waals surface area (Å²) in [6, 6.07) is 0. The van der Waals surface area contributed by atoms with Gasteiger partial charge in [-0.3, -0.25) is 54.8 Å². The Morgan fingerprint density at radius 3 is 1.62 bits per heavy atom. The van der Waals surface area contributed by atoms with Crippen LogP contribution in [0.4, 0.5) is 23.3 Å². The Kier molecular flexibility index (Phi) is 24.2. The van der Waals surface area contributed by atoms with Crippen molar-refractivity contribution in [2.75, 3.05) is 90.0 Å². The number of hydrogen-bond donors (Lipinski definition) is 10. The van der Waals surface area contributed by atoms with Gasteiger partial charge in [-0.1, -0.05) is 6.92 Å². The van der Waals surface area contributed by atoms with Crippen LogP contribution in [0, 0.1) is 20.8 Å². The number of hydrogen-bond acceptors (Lipinski definition) is 41. The first-order chi connectivity index (χ1) is 55.6. The molecule has 0 amide bonds. The van der Waals surface area contributed by atoms with Crippen LogP contribution in [0.25, 0.3) is 33.5 Å². The van der Waals surface area contributed by atoms with E-state index < -0.39 is 200 Å². The van der Waals surface area contributed by atoms with E-state index in [0.717, 1.165) is 15.5 Å². The molecule has 0 saturated carbocycles. The average Bonchev–Trinajstić information content (AvgIpc) is 1.55. The normalized spacial score (nSPS) is 32.9. The number of nitrogen functional groups attached to an aromatic ring is 4. The van der Waals surface area contributed by atoms with E-state index in [9.17, 15) is 43.6 Å². The number of nitrogens with two attached hydrogens (primary N) is 4. The molecule has 0 aromatic carbocycles. The average molecular weight is 1760 g/mol. The van der Waals surface area contributed by atoms with Gasteiger partial charge in [0.2, 0.25) is 0 Å². The largest absolute Gasteiger partial charge is 0.472 e. The van der Waals surface area contributed by atoms with E-state index in [2.05, 4.69) is 54.8 Å². The van der Waals surface area contributed by atoms with Gasteiger partial charge in [0, 0.05) is 44.2 Å². The van der Waals surface area contributed by atoms with Crippen molar-refractivity contribution in [2.24, 2.45) is 0 Å². The molecule has 9 unspecified atom stereocenters. The first-order valence-electron chi connectivity index (χ1n) is 36.2. The lowest BCUT2D eigenvalue weighted by Gasteiger charge is -2.37. The van der Waals surface area contributed by atoms with Crippen molar-refractivity contribution in [3.63, 3.8) is 0 Å². The number of aromatic nitrogens is 16. The standard InChI is InChI=1S/C62H84N20O29P4S2/c1-9-31-32(14-35(103-31)80-23-71-36-49(65)67-21-69-51(36)80)108-112(87,88)99-19-61-28(4)101-43(57(106-61)79-16-27(3)48(64)77-60(79)86)45(61)110-113(89,90)100-20-62-29(5)102-44(58(107-62)81-24-72-37-50(66)68-22-70-52(37)81)46(62)111-115(92,117)98-18-34-40(42(96-13-11-94-8)56(105-34)82-25-73-38-53(82)74-30(6)75-54(38)84)109-114(91,116)97-17-33-39(83)41(95-12-10-93-7)55(104-33)78-15-26(2)47(63)76-59(78)85/h15-16,21-25,28-29,31-35,39-46,55-58,83H,9-14,17-20H2,1-8H3,(H,87,88)(H,89,90)(H,91,116)(H,92,117)(H2,63,76,85)(H2,64,77,86)(H2,65,67,69)(H2,66,68,70)(H,74,75,84)/t28-,29-,31+,32?,33+,34+,35+,39?,40?,41-,42-,43-,44-,45?,46?,55+,56+,57+,58+,61-,62-,114?,115?/m0/s1. The van der Waals surface area contributed by atoms with Crippen molar-refractivity contribution in [1.82, 2.24) is 77.7 Å². The number of aliphatic hydroxyl groups is 1. The predicted molar refractivity (Wildman–Crippen MR) is 404 cm³/mol. The first kappa shape index (κ1) is 85.2. The SMILES string of the molecule is CC[C@H]1O[C@@H](n2cnc3c(N)ncnc32)CC1OP(=O)(O)OC[C@]12O[C@@H](n3cc(C)c(N)nc3=O)[C@@H](O[C@H]1C)C2OP(=O)(O)OC[C@]12O[C@@H](n3cnc4c(N)ncnc43)[C@@H](O[C@H]1C)C2OP(O)(=S)OC[C@H]1O[C@@H](n2cnc3c(=O)[nH]c(C)nc32)[C@@H](OCCOC)C1OP(O)(=S)OC[C@H]1O[C@@H](n2cc(C)c(N)nc2=O)[C@@H](OCCOC)C1O. The number of aryl methyl sites for hydroxylation is 3. The zero-order valence-electron chi connectivity index (χ0n) is 63.2. The maximum Gasteiger partial charge on any atom is 0.472 e. The van der Waals surface area contributed by atoms with Gasteiger partial charge in [0.1, 0.15) is 120 Å². The van der Waals surface area contributed by atoms with E-state index >= 15 is 4.57 Å². The Balaban J connectivity index is 0.706. The molecule has 638 valence electrons. The van der Waals surface area contributed by atoms with Crippen molar-refractivity contribution in [3.05, 3.63) is 92.3 Å². The van der Waals surface area contributed by atoms with Crippen molar-refractivity contribution in [2.45, 2.75) is 182 Å². The summed E-state index contributed by atoms with van der Waals surface area (Å²) >= 11 is 11.5. The number of ether oxygens (including phenoxy) is 11. The molecule has 7 saturated heterocycles. The number of imidazole rings is 3. The van der Waals surface area contributed by atoms with E-state index in [-0.39, 0.29) is 90.7 Å². The van der Waals surface area contributed by atoms with Crippen LogP contribution in [0.3, 0.4) is 0 Å². The highest BCUT2D eigenvalue weighted by molar-refractivity contribution is 8.07. The molecule has 7 aliphatic heterocycles.